The molecule has 1 saturated carbocycles. The zero-order chi connectivity index (χ0) is 15.2. The lowest BCUT2D eigenvalue weighted by Gasteiger charge is -2.23. The van der Waals surface area contributed by atoms with E-state index in [1.165, 1.54) is 16.7 Å². The van der Waals surface area contributed by atoms with Gasteiger partial charge < -0.3 is 10.1 Å². The van der Waals surface area contributed by atoms with Gasteiger partial charge in [-0.2, -0.15) is 0 Å². The highest BCUT2D eigenvalue weighted by Crippen LogP contribution is 2.43. The maximum atomic E-state index is 11.3. The summed E-state index contributed by atoms with van der Waals surface area (Å²) in [6.07, 6.45) is 11.7. The number of nitrogens with one attached hydrogen (secondary N) is 1. The average molecular weight is 295 g/mol. The highest BCUT2D eigenvalue weighted by Gasteiger charge is 2.46. The van der Waals surface area contributed by atoms with Crippen molar-refractivity contribution in [2.45, 2.75) is 50.0 Å². The van der Waals surface area contributed by atoms with Crippen molar-refractivity contribution in [2.24, 2.45) is 5.92 Å². The number of cyclic esters (lactones) is 1. The number of carbonyl (C=O) groups excluding carboxylic acids is 1. The molecule has 4 rings (SSSR count). The number of hydrogen-bond donors (Lipinski definition) is 1. The van der Waals surface area contributed by atoms with Crippen LogP contribution in [0.25, 0.3) is 0 Å². The van der Waals surface area contributed by atoms with Crippen LogP contribution in [0.3, 0.4) is 0 Å². The second kappa shape index (κ2) is 5.05. The number of alkyl carbamates (subject to hydrolysis) is 1. The molecule has 0 bridgehead atoms. The van der Waals surface area contributed by atoms with Gasteiger partial charge in [-0.25, -0.2) is 4.79 Å². The average Bonchev–Trinajstić information content (AvgIpc) is 3.13. The number of aryl methyl sites for hydroxylation is 1. The van der Waals surface area contributed by atoms with E-state index in [4.69, 9.17) is 11.2 Å². The Kier molecular flexibility index (Phi) is 3.14. The largest absolute Gasteiger partial charge is 0.447 e. The standard InChI is InChI=1S/C19H21NO2/c1-2-13-3-4-15-10-16(6-5-14(15)9-13)17-7-8-19(11-17)12-22-18(21)20-19/h1,5-6,10,13,17H,3-4,7-9,11-12H2,(H,20,21). The van der Waals surface area contributed by atoms with Gasteiger partial charge >= 0.3 is 6.09 Å². The van der Waals surface area contributed by atoms with Crippen molar-refractivity contribution in [2.75, 3.05) is 6.61 Å². The Morgan fingerprint density at radius 3 is 3.00 bits per heavy atom. The Hall–Kier alpha value is -1.95. The third-order valence-corrected chi connectivity index (χ3v) is 5.62. The number of ether oxygens (including phenoxy) is 1. The predicted octanol–water partition coefficient (Wildman–Crippen LogP) is 3.17. The Morgan fingerprint density at radius 2 is 2.23 bits per heavy atom. The van der Waals surface area contributed by atoms with E-state index < -0.39 is 0 Å². The third-order valence-electron chi connectivity index (χ3n) is 5.62. The van der Waals surface area contributed by atoms with Crippen molar-refractivity contribution in [3.63, 3.8) is 0 Å². The van der Waals surface area contributed by atoms with Gasteiger partial charge in [0.05, 0.1) is 5.54 Å². The van der Waals surface area contributed by atoms with Crippen LogP contribution < -0.4 is 5.32 Å². The van der Waals surface area contributed by atoms with Gasteiger partial charge in [-0.15, -0.1) is 12.3 Å². The minimum Gasteiger partial charge on any atom is -0.447 e. The summed E-state index contributed by atoms with van der Waals surface area (Å²) in [5.74, 6) is 3.82. The molecule has 1 heterocycles. The summed E-state index contributed by atoms with van der Waals surface area (Å²) in [6.45, 7) is 0.525. The molecular formula is C19H21NO2. The molecule has 3 nitrogen and oxygen atoms in total. The van der Waals surface area contributed by atoms with Gasteiger partial charge in [0.15, 0.2) is 0 Å². The molecule has 1 N–H and O–H groups in total. The SMILES string of the molecule is C#CC1CCc2cc(C3CCC4(COC(=O)N4)C3)ccc2C1. The highest BCUT2D eigenvalue weighted by atomic mass is 16.6. The van der Waals surface area contributed by atoms with Crippen LogP contribution in [0.15, 0.2) is 18.2 Å². The first-order valence-electron chi connectivity index (χ1n) is 8.20. The summed E-state index contributed by atoms with van der Waals surface area (Å²) in [5, 5.41) is 3.02. The Morgan fingerprint density at radius 1 is 1.32 bits per heavy atom. The molecule has 3 unspecified atom stereocenters. The van der Waals surface area contributed by atoms with Gasteiger partial charge in [0.2, 0.25) is 0 Å². The summed E-state index contributed by atoms with van der Waals surface area (Å²) in [7, 11) is 0. The van der Waals surface area contributed by atoms with Crippen molar-refractivity contribution >= 4 is 6.09 Å². The molecule has 0 aromatic heterocycles. The molecule has 22 heavy (non-hydrogen) atoms. The predicted molar refractivity (Wildman–Crippen MR) is 84.6 cm³/mol. The molecule has 2 aliphatic carbocycles. The van der Waals surface area contributed by atoms with Crippen LogP contribution in [0.4, 0.5) is 4.79 Å². The lowest BCUT2D eigenvalue weighted by atomic mass is 9.82. The monoisotopic (exact) mass is 295 g/mol. The van der Waals surface area contributed by atoms with Crippen LogP contribution in [-0.2, 0) is 17.6 Å². The van der Waals surface area contributed by atoms with E-state index in [1.54, 1.807) is 0 Å². The van der Waals surface area contributed by atoms with Crippen LogP contribution in [0.5, 0.6) is 0 Å². The topological polar surface area (TPSA) is 38.3 Å². The Bertz CT molecular complexity index is 660. The number of amides is 1. The number of fused-ring (bicyclic) bond motifs is 1. The maximum absolute atomic E-state index is 11.3. The van der Waals surface area contributed by atoms with Crippen molar-refractivity contribution < 1.29 is 9.53 Å². The minimum absolute atomic E-state index is 0.119. The fraction of sp³-hybridized carbons (Fsp3) is 0.526. The summed E-state index contributed by atoms with van der Waals surface area (Å²) in [4.78, 5) is 11.3. The van der Waals surface area contributed by atoms with Crippen molar-refractivity contribution in [3.8, 4) is 12.3 Å². The molecule has 1 aliphatic heterocycles. The molecule has 0 radical (unpaired) electrons. The number of benzene rings is 1. The quantitative estimate of drug-likeness (QED) is 0.808. The van der Waals surface area contributed by atoms with E-state index in [-0.39, 0.29) is 11.6 Å². The minimum atomic E-state index is -0.258. The van der Waals surface area contributed by atoms with Crippen molar-refractivity contribution in [3.05, 3.63) is 34.9 Å². The molecule has 2 fully saturated rings. The highest BCUT2D eigenvalue weighted by molar-refractivity contribution is 5.70. The van der Waals surface area contributed by atoms with Crippen molar-refractivity contribution in [1.82, 2.24) is 5.32 Å². The van der Waals surface area contributed by atoms with Gasteiger partial charge in [-0.05, 0) is 61.1 Å². The van der Waals surface area contributed by atoms with Crippen molar-refractivity contribution in [1.29, 1.82) is 0 Å². The zero-order valence-electron chi connectivity index (χ0n) is 12.7. The second-order valence-corrected chi connectivity index (χ2v) is 7.06. The normalized spacial score (nSPS) is 33.1. The van der Waals surface area contributed by atoms with E-state index in [0.717, 1.165) is 38.5 Å². The van der Waals surface area contributed by atoms with Gasteiger partial charge in [0, 0.05) is 5.92 Å². The van der Waals surface area contributed by atoms with E-state index in [9.17, 15) is 4.79 Å². The number of terminal acetylenes is 1. The first-order chi connectivity index (χ1) is 10.7. The molecule has 3 heteroatoms. The summed E-state index contributed by atoms with van der Waals surface area (Å²) in [5.41, 5.74) is 4.18. The Balaban J connectivity index is 1.53. The van der Waals surface area contributed by atoms with Crippen LogP contribution in [0, 0.1) is 18.3 Å². The second-order valence-electron chi connectivity index (χ2n) is 7.06. The smallest absolute Gasteiger partial charge is 0.407 e. The molecule has 1 aromatic rings. The number of hydrogen-bond acceptors (Lipinski definition) is 2. The van der Waals surface area contributed by atoms with Crippen LogP contribution >= 0.6 is 0 Å². The Labute approximate surface area is 131 Å². The fourth-order valence-corrected chi connectivity index (χ4v) is 4.32. The van der Waals surface area contributed by atoms with Gasteiger partial charge in [0.1, 0.15) is 6.61 Å². The number of rotatable bonds is 1. The summed E-state index contributed by atoms with van der Waals surface area (Å²) in [6, 6.07) is 6.91. The van der Waals surface area contributed by atoms with Crippen LogP contribution in [-0.4, -0.2) is 18.2 Å². The lowest BCUT2D eigenvalue weighted by Crippen LogP contribution is -2.40. The molecule has 1 aromatic carbocycles. The van der Waals surface area contributed by atoms with Gasteiger partial charge in [-0.1, -0.05) is 18.2 Å². The maximum Gasteiger partial charge on any atom is 0.407 e. The van der Waals surface area contributed by atoms with Gasteiger partial charge in [-0.3, -0.25) is 0 Å². The van der Waals surface area contributed by atoms with E-state index in [2.05, 4.69) is 29.4 Å². The molecule has 114 valence electrons. The van der Waals surface area contributed by atoms with Crippen LogP contribution in [0.2, 0.25) is 0 Å². The van der Waals surface area contributed by atoms with Crippen LogP contribution in [0.1, 0.15) is 48.3 Å². The first-order valence-corrected chi connectivity index (χ1v) is 8.20. The molecule has 3 atom stereocenters. The first kappa shape index (κ1) is 13.7. The molecule has 1 saturated heterocycles. The molecule has 1 amide bonds. The zero-order valence-corrected chi connectivity index (χ0v) is 12.7. The molecule has 3 aliphatic rings. The molecule has 1 spiro atoms. The molecular weight excluding hydrogens is 274 g/mol. The number of carbonyl (C=O) groups is 1. The van der Waals surface area contributed by atoms with E-state index in [1.807, 2.05) is 0 Å². The van der Waals surface area contributed by atoms with E-state index in [0.29, 0.717) is 18.4 Å². The fourth-order valence-electron chi connectivity index (χ4n) is 4.32. The summed E-state index contributed by atoms with van der Waals surface area (Å²) < 4.78 is 5.12. The lowest BCUT2D eigenvalue weighted by molar-refractivity contribution is 0.172. The van der Waals surface area contributed by atoms with E-state index >= 15 is 0 Å². The third kappa shape index (κ3) is 2.27. The summed E-state index contributed by atoms with van der Waals surface area (Å²) >= 11 is 0. The van der Waals surface area contributed by atoms with Gasteiger partial charge in [0.25, 0.3) is 0 Å².